The second kappa shape index (κ2) is 6.10. The summed E-state index contributed by atoms with van der Waals surface area (Å²) in [6.07, 6.45) is 6.57. The van der Waals surface area contributed by atoms with E-state index in [1.165, 1.54) is 25.7 Å². The highest BCUT2D eigenvalue weighted by Crippen LogP contribution is 2.34. The van der Waals surface area contributed by atoms with Gasteiger partial charge in [0, 0.05) is 4.47 Å². The predicted octanol–water partition coefficient (Wildman–Crippen LogP) is 5.45. The lowest BCUT2D eigenvalue weighted by Gasteiger charge is -2.31. The van der Waals surface area contributed by atoms with E-state index in [4.69, 9.17) is 16.3 Å². The van der Waals surface area contributed by atoms with Crippen LogP contribution in [0, 0.1) is 5.92 Å². The molecule has 0 N–H and O–H groups in total. The maximum atomic E-state index is 6.16. The van der Waals surface area contributed by atoms with Crippen LogP contribution in [0.3, 0.4) is 0 Å². The molecule has 94 valence electrons. The summed E-state index contributed by atoms with van der Waals surface area (Å²) in [5, 5.41) is 0.702. The van der Waals surface area contributed by atoms with Crippen LogP contribution in [0.5, 0.6) is 5.75 Å². The first-order chi connectivity index (χ1) is 8.20. The molecule has 17 heavy (non-hydrogen) atoms. The van der Waals surface area contributed by atoms with Gasteiger partial charge in [0.15, 0.2) is 0 Å². The van der Waals surface area contributed by atoms with Crippen LogP contribution in [0.25, 0.3) is 0 Å². The third-order valence-electron chi connectivity index (χ3n) is 3.54. The molecule has 1 nitrogen and oxygen atoms in total. The van der Waals surface area contributed by atoms with Crippen LogP contribution in [0.4, 0.5) is 0 Å². The second-order valence-corrected chi connectivity index (χ2v) is 6.01. The Bertz CT molecular complexity index is 380. The molecule has 0 aliphatic heterocycles. The average Bonchev–Trinajstić information content (AvgIpc) is 2.34. The van der Waals surface area contributed by atoms with Gasteiger partial charge in [-0.25, -0.2) is 0 Å². The summed E-state index contributed by atoms with van der Waals surface area (Å²) in [5.41, 5.74) is 0. The molecule has 1 saturated carbocycles. The molecule has 0 saturated heterocycles. The SMILES string of the molecule is CCC1CCCCC1Oc1cc(Br)ccc1Cl. The molecule has 0 bridgehead atoms. The van der Waals surface area contributed by atoms with Gasteiger partial charge >= 0.3 is 0 Å². The third-order valence-corrected chi connectivity index (χ3v) is 4.34. The van der Waals surface area contributed by atoms with Gasteiger partial charge in [-0.2, -0.15) is 0 Å². The number of benzene rings is 1. The van der Waals surface area contributed by atoms with Crippen molar-refractivity contribution in [2.24, 2.45) is 5.92 Å². The fourth-order valence-corrected chi connectivity index (χ4v) is 3.03. The van der Waals surface area contributed by atoms with Crippen molar-refractivity contribution in [2.75, 3.05) is 0 Å². The topological polar surface area (TPSA) is 9.23 Å². The zero-order valence-corrected chi connectivity index (χ0v) is 12.4. The first-order valence-electron chi connectivity index (χ1n) is 6.32. The van der Waals surface area contributed by atoms with Crippen molar-refractivity contribution in [3.05, 3.63) is 27.7 Å². The first kappa shape index (κ1) is 13.2. The van der Waals surface area contributed by atoms with E-state index in [1.807, 2.05) is 18.2 Å². The van der Waals surface area contributed by atoms with Crippen molar-refractivity contribution >= 4 is 27.5 Å². The maximum Gasteiger partial charge on any atom is 0.139 e. The lowest BCUT2D eigenvalue weighted by Crippen LogP contribution is -2.29. The molecule has 1 aromatic rings. The minimum atomic E-state index is 0.334. The minimum Gasteiger partial charge on any atom is -0.489 e. The molecule has 3 heteroatoms. The van der Waals surface area contributed by atoms with Gasteiger partial charge in [0.2, 0.25) is 0 Å². The van der Waals surface area contributed by atoms with E-state index in [-0.39, 0.29) is 0 Å². The number of rotatable bonds is 3. The fraction of sp³-hybridized carbons (Fsp3) is 0.571. The summed E-state index contributed by atoms with van der Waals surface area (Å²) in [5.74, 6) is 1.49. The van der Waals surface area contributed by atoms with Crippen molar-refractivity contribution in [2.45, 2.75) is 45.1 Å². The van der Waals surface area contributed by atoms with Gasteiger partial charge < -0.3 is 4.74 Å². The number of hydrogen-bond acceptors (Lipinski definition) is 1. The molecule has 1 fully saturated rings. The van der Waals surface area contributed by atoms with E-state index in [9.17, 15) is 0 Å². The van der Waals surface area contributed by atoms with Crippen LogP contribution in [0.15, 0.2) is 22.7 Å². The molecule has 1 aromatic carbocycles. The monoisotopic (exact) mass is 316 g/mol. The number of halogens is 2. The second-order valence-electron chi connectivity index (χ2n) is 4.68. The summed E-state index contributed by atoms with van der Waals surface area (Å²) >= 11 is 9.62. The Morgan fingerprint density at radius 3 is 2.88 bits per heavy atom. The number of hydrogen-bond donors (Lipinski definition) is 0. The van der Waals surface area contributed by atoms with Crippen molar-refractivity contribution in [3.63, 3.8) is 0 Å². The molecule has 2 atom stereocenters. The van der Waals surface area contributed by atoms with Crippen LogP contribution in [0.1, 0.15) is 39.0 Å². The van der Waals surface area contributed by atoms with Crippen molar-refractivity contribution in [3.8, 4) is 5.75 Å². The van der Waals surface area contributed by atoms with Gasteiger partial charge in [-0.1, -0.05) is 40.9 Å². The quantitative estimate of drug-likeness (QED) is 0.720. The molecular formula is C14H18BrClO. The molecule has 0 heterocycles. The van der Waals surface area contributed by atoms with Crippen LogP contribution in [0.2, 0.25) is 5.02 Å². The maximum absolute atomic E-state index is 6.16. The Morgan fingerprint density at radius 2 is 2.12 bits per heavy atom. The van der Waals surface area contributed by atoms with E-state index >= 15 is 0 Å². The van der Waals surface area contributed by atoms with E-state index in [1.54, 1.807) is 0 Å². The lowest BCUT2D eigenvalue weighted by molar-refractivity contribution is 0.0904. The van der Waals surface area contributed by atoms with Crippen molar-refractivity contribution in [1.29, 1.82) is 0 Å². The Kier molecular flexibility index (Phi) is 4.75. The van der Waals surface area contributed by atoms with Gasteiger partial charge in [0.1, 0.15) is 11.9 Å². The molecule has 0 aromatic heterocycles. The first-order valence-corrected chi connectivity index (χ1v) is 7.49. The molecule has 0 spiro atoms. The molecule has 1 aliphatic carbocycles. The highest BCUT2D eigenvalue weighted by molar-refractivity contribution is 9.10. The highest BCUT2D eigenvalue weighted by Gasteiger charge is 2.25. The average molecular weight is 318 g/mol. The highest BCUT2D eigenvalue weighted by atomic mass is 79.9. The molecule has 0 amide bonds. The Hall–Kier alpha value is -0.210. The smallest absolute Gasteiger partial charge is 0.139 e. The third kappa shape index (κ3) is 3.38. The summed E-state index contributed by atoms with van der Waals surface area (Å²) < 4.78 is 7.12. The van der Waals surface area contributed by atoms with Gasteiger partial charge in [0.05, 0.1) is 5.02 Å². The van der Waals surface area contributed by atoms with Gasteiger partial charge in [0.25, 0.3) is 0 Å². The van der Waals surface area contributed by atoms with E-state index < -0.39 is 0 Å². The zero-order chi connectivity index (χ0) is 12.3. The van der Waals surface area contributed by atoms with Gasteiger partial charge in [-0.15, -0.1) is 0 Å². The fourth-order valence-electron chi connectivity index (χ4n) is 2.53. The normalized spacial score (nSPS) is 24.6. The summed E-state index contributed by atoms with van der Waals surface area (Å²) in [6.45, 7) is 2.24. The zero-order valence-electron chi connectivity index (χ0n) is 10.1. The summed E-state index contributed by atoms with van der Waals surface area (Å²) in [4.78, 5) is 0. The standard InChI is InChI=1S/C14H18BrClO/c1-2-10-5-3-4-6-13(10)17-14-9-11(15)7-8-12(14)16/h7-10,13H,2-6H2,1H3. The lowest BCUT2D eigenvalue weighted by atomic mass is 9.85. The Morgan fingerprint density at radius 1 is 1.35 bits per heavy atom. The number of ether oxygens (including phenoxy) is 1. The van der Waals surface area contributed by atoms with Crippen molar-refractivity contribution in [1.82, 2.24) is 0 Å². The van der Waals surface area contributed by atoms with Crippen LogP contribution < -0.4 is 4.74 Å². The van der Waals surface area contributed by atoms with Crippen LogP contribution in [-0.4, -0.2) is 6.10 Å². The summed E-state index contributed by atoms with van der Waals surface area (Å²) in [7, 11) is 0. The Balaban J connectivity index is 2.10. The molecular weight excluding hydrogens is 300 g/mol. The minimum absolute atomic E-state index is 0.334. The van der Waals surface area contributed by atoms with Gasteiger partial charge in [-0.05, 0) is 49.8 Å². The van der Waals surface area contributed by atoms with E-state index in [0.29, 0.717) is 17.0 Å². The van der Waals surface area contributed by atoms with Crippen molar-refractivity contribution < 1.29 is 4.74 Å². The van der Waals surface area contributed by atoms with Crippen LogP contribution >= 0.6 is 27.5 Å². The van der Waals surface area contributed by atoms with Crippen LogP contribution in [-0.2, 0) is 0 Å². The molecule has 1 aliphatic rings. The van der Waals surface area contributed by atoms with E-state index in [0.717, 1.165) is 16.6 Å². The van der Waals surface area contributed by atoms with Gasteiger partial charge in [-0.3, -0.25) is 0 Å². The molecule has 0 radical (unpaired) electrons. The summed E-state index contributed by atoms with van der Waals surface area (Å²) in [6, 6.07) is 5.78. The Labute approximate surface area is 117 Å². The molecule has 2 rings (SSSR count). The van der Waals surface area contributed by atoms with E-state index in [2.05, 4.69) is 22.9 Å². The largest absolute Gasteiger partial charge is 0.489 e. The molecule has 2 unspecified atom stereocenters. The predicted molar refractivity (Wildman–Crippen MR) is 75.8 cm³/mol.